The van der Waals surface area contributed by atoms with Gasteiger partial charge in [0.2, 0.25) is 11.8 Å². The third-order valence-electron chi connectivity index (χ3n) is 5.27. The summed E-state index contributed by atoms with van der Waals surface area (Å²) < 4.78 is 0. The van der Waals surface area contributed by atoms with Gasteiger partial charge in [0.05, 0.1) is 0 Å². The molecule has 124 valence electrons. The summed E-state index contributed by atoms with van der Waals surface area (Å²) in [5, 5.41) is 9.07. The number of carbonyl (C=O) groups is 2. The van der Waals surface area contributed by atoms with Crippen molar-refractivity contribution in [3.8, 4) is 0 Å². The summed E-state index contributed by atoms with van der Waals surface area (Å²) in [6.07, 6.45) is 4.09. The molecule has 2 aliphatic heterocycles. The first kappa shape index (κ1) is 16.0. The summed E-state index contributed by atoms with van der Waals surface area (Å²) in [7, 11) is 0. The predicted molar refractivity (Wildman–Crippen MR) is 86.5 cm³/mol. The smallest absolute Gasteiger partial charge is 0.248 e. The number of carbonyl (C=O) groups excluding carboxylic acids is 2. The van der Waals surface area contributed by atoms with E-state index in [9.17, 15) is 9.59 Å². The van der Waals surface area contributed by atoms with Gasteiger partial charge >= 0.3 is 0 Å². The number of rotatable bonds is 3. The Bertz CT molecular complexity index is 575. The summed E-state index contributed by atoms with van der Waals surface area (Å²) in [4.78, 5) is 28.0. The standard InChI is InChI=1S/C18H24N2O3/c21-14-17(23)19-11-4-8-18(10-12-19)9-7-16(22)20(18)13-15-5-2-1-3-6-15/h1-3,5-6,21H,4,7-14H2/t18-/m1/s1. The molecule has 0 saturated carbocycles. The van der Waals surface area contributed by atoms with Crippen LogP contribution in [0.2, 0.25) is 0 Å². The molecule has 2 heterocycles. The highest BCUT2D eigenvalue weighted by Gasteiger charge is 2.45. The van der Waals surface area contributed by atoms with Crippen molar-refractivity contribution >= 4 is 11.8 Å². The quantitative estimate of drug-likeness (QED) is 0.920. The maximum Gasteiger partial charge on any atom is 0.248 e. The molecule has 1 spiro atoms. The van der Waals surface area contributed by atoms with Gasteiger partial charge in [0.15, 0.2) is 0 Å². The van der Waals surface area contributed by atoms with Gasteiger partial charge in [0.1, 0.15) is 6.61 Å². The second-order valence-corrected chi connectivity index (χ2v) is 6.58. The number of amides is 2. The molecule has 2 aliphatic rings. The zero-order valence-electron chi connectivity index (χ0n) is 13.4. The Kier molecular flexibility index (Phi) is 4.66. The van der Waals surface area contributed by atoms with E-state index in [4.69, 9.17) is 5.11 Å². The van der Waals surface area contributed by atoms with Gasteiger partial charge in [-0.05, 0) is 31.2 Å². The molecule has 1 N–H and O–H groups in total. The lowest BCUT2D eigenvalue weighted by Crippen LogP contribution is -2.46. The van der Waals surface area contributed by atoms with Crippen LogP contribution in [-0.2, 0) is 16.1 Å². The van der Waals surface area contributed by atoms with Gasteiger partial charge in [-0.2, -0.15) is 0 Å². The molecule has 1 atom stereocenters. The molecule has 3 rings (SSSR count). The normalized spacial score (nSPS) is 25.0. The molecule has 0 aliphatic carbocycles. The van der Waals surface area contributed by atoms with Gasteiger partial charge in [0, 0.05) is 31.6 Å². The SMILES string of the molecule is O=C(CO)N1CCC[C@@]2(CCC(=O)N2Cc2ccccc2)CC1. The van der Waals surface area contributed by atoms with Crippen LogP contribution < -0.4 is 0 Å². The number of benzene rings is 1. The van der Waals surface area contributed by atoms with Crippen molar-refractivity contribution in [3.63, 3.8) is 0 Å². The first-order valence-corrected chi connectivity index (χ1v) is 8.38. The fraction of sp³-hybridized carbons (Fsp3) is 0.556. The van der Waals surface area contributed by atoms with Crippen LogP contribution in [-0.4, -0.2) is 52.0 Å². The zero-order valence-corrected chi connectivity index (χ0v) is 13.4. The van der Waals surface area contributed by atoms with Gasteiger partial charge in [-0.1, -0.05) is 30.3 Å². The van der Waals surface area contributed by atoms with Crippen molar-refractivity contribution in [2.45, 2.75) is 44.2 Å². The van der Waals surface area contributed by atoms with Gasteiger partial charge in [0.25, 0.3) is 0 Å². The van der Waals surface area contributed by atoms with Crippen molar-refractivity contribution in [2.75, 3.05) is 19.7 Å². The summed E-state index contributed by atoms with van der Waals surface area (Å²) in [5.74, 6) is 0.0109. The molecular weight excluding hydrogens is 292 g/mol. The maximum absolute atomic E-state index is 12.4. The van der Waals surface area contributed by atoms with Crippen LogP contribution >= 0.6 is 0 Å². The predicted octanol–water partition coefficient (Wildman–Crippen LogP) is 1.55. The second-order valence-electron chi connectivity index (χ2n) is 6.58. The minimum Gasteiger partial charge on any atom is -0.387 e. The minimum absolute atomic E-state index is 0.128. The summed E-state index contributed by atoms with van der Waals surface area (Å²) in [6, 6.07) is 10.1. The Morgan fingerprint density at radius 1 is 1.13 bits per heavy atom. The van der Waals surface area contributed by atoms with E-state index in [2.05, 4.69) is 12.1 Å². The lowest BCUT2D eigenvalue weighted by molar-refractivity contribution is -0.134. The Hall–Kier alpha value is -1.88. The Labute approximate surface area is 136 Å². The van der Waals surface area contributed by atoms with Crippen molar-refractivity contribution in [3.05, 3.63) is 35.9 Å². The zero-order chi connectivity index (χ0) is 16.3. The molecule has 5 nitrogen and oxygen atoms in total. The monoisotopic (exact) mass is 316 g/mol. The average Bonchev–Trinajstić information content (AvgIpc) is 2.77. The molecule has 0 bridgehead atoms. The number of hydrogen-bond acceptors (Lipinski definition) is 3. The summed E-state index contributed by atoms with van der Waals surface area (Å²) in [6.45, 7) is 1.51. The number of likely N-dealkylation sites (tertiary alicyclic amines) is 2. The molecule has 1 aromatic rings. The van der Waals surface area contributed by atoms with Crippen LogP contribution in [0, 0.1) is 0 Å². The molecule has 0 radical (unpaired) electrons. The van der Waals surface area contributed by atoms with Crippen LogP contribution in [0.4, 0.5) is 0 Å². The highest BCUT2D eigenvalue weighted by atomic mass is 16.3. The lowest BCUT2D eigenvalue weighted by atomic mass is 9.87. The Morgan fingerprint density at radius 3 is 2.65 bits per heavy atom. The third-order valence-corrected chi connectivity index (χ3v) is 5.27. The maximum atomic E-state index is 12.4. The van der Waals surface area contributed by atoms with Crippen molar-refractivity contribution in [1.82, 2.24) is 9.80 Å². The van der Waals surface area contributed by atoms with E-state index in [0.29, 0.717) is 26.1 Å². The summed E-state index contributed by atoms with van der Waals surface area (Å²) in [5.41, 5.74) is 1.02. The molecule has 2 saturated heterocycles. The number of hydrogen-bond donors (Lipinski definition) is 1. The van der Waals surface area contributed by atoms with E-state index in [0.717, 1.165) is 31.2 Å². The molecular formula is C18H24N2O3. The fourth-order valence-electron chi connectivity index (χ4n) is 3.94. The number of aliphatic hydroxyl groups excluding tert-OH is 1. The molecule has 0 aromatic heterocycles. The Morgan fingerprint density at radius 2 is 1.91 bits per heavy atom. The molecule has 1 aromatic carbocycles. The molecule has 0 unspecified atom stereocenters. The average molecular weight is 316 g/mol. The van der Waals surface area contributed by atoms with Crippen LogP contribution in [0.1, 0.15) is 37.7 Å². The molecule has 2 amide bonds. The van der Waals surface area contributed by atoms with Crippen LogP contribution in [0.15, 0.2) is 30.3 Å². The highest BCUT2D eigenvalue weighted by Crippen LogP contribution is 2.40. The second kappa shape index (κ2) is 6.71. The van der Waals surface area contributed by atoms with Crippen molar-refractivity contribution in [2.24, 2.45) is 0 Å². The first-order valence-electron chi connectivity index (χ1n) is 8.38. The topological polar surface area (TPSA) is 60.9 Å². The van der Waals surface area contributed by atoms with E-state index in [1.54, 1.807) is 4.90 Å². The lowest BCUT2D eigenvalue weighted by Gasteiger charge is -2.38. The molecule has 5 heteroatoms. The van der Waals surface area contributed by atoms with Crippen molar-refractivity contribution < 1.29 is 14.7 Å². The first-order chi connectivity index (χ1) is 11.1. The molecule has 2 fully saturated rings. The van der Waals surface area contributed by atoms with Crippen LogP contribution in [0.5, 0.6) is 0 Å². The van der Waals surface area contributed by atoms with Crippen molar-refractivity contribution in [1.29, 1.82) is 0 Å². The van der Waals surface area contributed by atoms with Crippen LogP contribution in [0.3, 0.4) is 0 Å². The van der Waals surface area contributed by atoms with E-state index >= 15 is 0 Å². The Balaban J connectivity index is 1.76. The van der Waals surface area contributed by atoms with E-state index in [-0.39, 0.29) is 17.4 Å². The van der Waals surface area contributed by atoms with E-state index in [1.165, 1.54) is 0 Å². The van der Waals surface area contributed by atoms with E-state index in [1.807, 2.05) is 23.1 Å². The fourth-order valence-corrected chi connectivity index (χ4v) is 3.94. The van der Waals surface area contributed by atoms with Gasteiger partial charge in [-0.3, -0.25) is 9.59 Å². The van der Waals surface area contributed by atoms with E-state index < -0.39 is 6.61 Å². The van der Waals surface area contributed by atoms with Gasteiger partial charge < -0.3 is 14.9 Å². The van der Waals surface area contributed by atoms with Gasteiger partial charge in [-0.15, -0.1) is 0 Å². The highest BCUT2D eigenvalue weighted by molar-refractivity contribution is 5.80. The minimum atomic E-state index is -0.431. The number of aliphatic hydroxyl groups is 1. The van der Waals surface area contributed by atoms with Gasteiger partial charge in [-0.25, -0.2) is 0 Å². The summed E-state index contributed by atoms with van der Waals surface area (Å²) >= 11 is 0. The molecule has 23 heavy (non-hydrogen) atoms. The largest absolute Gasteiger partial charge is 0.387 e. The van der Waals surface area contributed by atoms with Crippen LogP contribution in [0.25, 0.3) is 0 Å². The third kappa shape index (κ3) is 3.24. The number of nitrogens with zero attached hydrogens (tertiary/aromatic N) is 2.